The molecule has 0 spiro atoms. The van der Waals surface area contributed by atoms with Crippen molar-refractivity contribution in [3.63, 3.8) is 0 Å². The molecule has 0 amide bonds. The fourth-order valence-electron chi connectivity index (χ4n) is 6.24. The highest BCUT2D eigenvalue weighted by Crippen LogP contribution is 2.40. The molecule has 3 heterocycles. The predicted octanol–water partition coefficient (Wildman–Crippen LogP) is 7.36. The third-order valence-electron chi connectivity index (χ3n) is 8.38. The number of carboxylic acids is 1. The van der Waals surface area contributed by atoms with E-state index in [1.165, 1.54) is 4.20 Å². The van der Waals surface area contributed by atoms with Gasteiger partial charge in [0.25, 0.3) is 0 Å². The monoisotopic (exact) mass is 599 g/mol. The summed E-state index contributed by atoms with van der Waals surface area (Å²) < 4.78 is 21.6. The summed E-state index contributed by atoms with van der Waals surface area (Å²) in [7, 11) is 0. The van der Waals surface area contributed by atoms with Gasteiger partial charge >= 0.3 is 5.97 Å². The van der Waals surface area contributed by atoms with Crippen molar-refractivity contribution >= 4 is 39.4 Å². The lowest BCUT2D eigenvalue weighted by molar-refractivity contribution is 0.0683. The second kappa shape index (κ2) is 12.0. The van der Waals surface area contributed by atoms with Crippen molar-refractivity contribution in [1.82, 2.24) is 13.9 Å². The number of carbonyl (C=O) groups is 1. The molecule has 0 atom stereocenters. The summed E-state index contributed by atoms with van der Waals surface area (Å²) in [5.41, 5.74) is 5.32. The van der Waals surface area contributed by atoms with Gasteiger partial charge in [0.15, 0.2) is 0 Å². The summed E-state index contributed by atoms with van der Waals surface area (Å²) in [4.78, 5) is 12.9. The molecule has 0 radical (unpaired) electrons. The van der Waals surface area contributed by atoms with Gasteiger partial charge in [0.1, 0.15) is 11.4 Å². The van der Waals surface area contributed by atoms with Crippen LogP contribution >= 0.6 is 11.8 Å². The SMILES string of the molecule is O=C(O)c1c(CCCOc2cccc3ccccc23)c2cccc3c2n1CCCCOCc1c-3c(COC2CC2)nn1Cl. The molecule has 2 aliphatic rings. The highest BCUT2D eigenvalue weighted by atomic mass is 35.5. The maximum absolute atomic E-state index is 12.9. The Hall–Kier alpha value is -3.85. The average molecular weight is 600 g/mol. The van der Waals surface area contributed by atoms with Crippen molar-refractivity contribution < 1.29 is 24.1 Å². The number of hydrogen-bond donors (Lipinski definition) is 1. The van der Waals surface area contributed by atoms with E-state index in [1.807, 2.05) is 47.0 Å². The van der Waals surface area contributed by atoms with Crippen LogP contribution < -0.4 is 4.74 Å². The lowest BCUT2D eigenvalue weighted by atomic mass is 9.98. The molecular formula is C34H34ClN3O5. The lowest BCUT2D eigenvalue weighted by Gasteiger charge is -2.12. The molecule has 5 aromatic rings. The van der Waals surface area contributed by atoms with E-state index >= 15 is 0 Å². The zero-order valence-electron chi connectivity index (χ0n) is 23.9. The Morgan fingerprint density at radius 2 is 1.86 bits per heavy atom. The Balaban J connectivity index is 1.27. The van der Waals surface area contributed by atoms with E-state index in [-0.39, 0.29) is 6.10 Å². The highest BCUT2D eigenvalue weighted by Gasteiger charge is 2.29. The molecule has 3 aromatic carbocycles. The minimum atomic E-state index is -0.927. The number of rotatable bonds is 9. The van der Waals surface area contributed by atoms with Crippen LogP contribution in [0.25, 0.3) is 32.8 Å². The molecule has 9 heteroatoms. The Morgan fingerprint density at radius 1 is 1.05 bits per heavy atom. The van der Waals surface area contributed by atoms with Crippen molar-refractivity contribution in [3.8, 4) is 16.9 Å². The maximum atomic E-state index is 12.9. The number of aromatic nitrogens is 3. The minimum Gasteiger partial charge on any atom is -0.493 e. The molecule has 2 aromatic heterocycles. The van der Waals surface area contributed by atoms with Gasteiger partial charge in [0.2, 0.25) is 0 Å². The molecule has 7 rings (SSSR count). The number of para-hydroxylation sites is 1. The summed E-state index contributed by atoms with van der Waals surface area (Å²) in [5.74, 6) is -0.0895. The minimum absolute atomic E-state index is 0.260. The van der Waals surface area contributed by atoms with Crippen LogP contribution in [-0.2, 0) is 35.7 Å². The van der Waals surface area contributed by atoms with Crippen LogP contribution in [0.3, 0.4) is 0 Å². The second-order valence-electron chi connectivity index (χ2n) is 11.3. The summed E-state index contributed by atoms with van der Waals surface area (Å²) in [5, 5.41) is 18.3. The van der Waals surface area contributed by atoms with Crippen molar-refractivity contribution in [2.24, 2.45) is 0 Å². The molecule has 8 nitrogen and oxygen atoms in total. The Bertz CT molecular complexity index is 1800. The summed E-state index contributed by atoms with van der Waals surface area (Å²) >= 11 is 6.63. The number of aryl methyl sites for hydroxylation is 2. The van der Waals surface area contributed by atoms with Gasteiger partial charge in [0.05, 0.1) is 42.8 Å². The summed E-state index contributed by atoms with van der Waals surface area (Å²) in [6.45, 7) is 2.26. The van der Waals surface area contributed by atoms with Gasteiger partial charge in [-0.25, -0.2) is 4.79 Å². The Labute approximate surface area is 254 Å². The van der Waals surface area contributed by atoms with Crippen molar-refractivity contribution in [2.75, 3.05) is 13.2 Å². The van der Waals surface area contributed by atoms with Gasteiger partial charge in [-0.2, -0.15) is 9.30 Å². The van der Waals surface area contributed by atoms with Gasteiger partial charge in [-0.3, -0.25) is 0 Å². The van der Waals surface area contributed by atoms with E-state index < -0.39 is 5.97 Å². The van der Waals surface area contributed by atoms with Crippen LogP contribution in [0.1, 0.15) is 59.5 Å². The van der Waals surface area contributed by atoms with Gasteiger partial charge in [-0.15, -0.1) is 0 Å². The third-order valence-corrected chi connectivity index (χ3v) is 8.66. The highest BCUT2D eigenvalue weighted by molar-refractivity contribution is 6.16. The molecule has 1 N–H and O–H groups in total. The molecule has 1 saturated carbocycles. The predicted molar refractivity (Wildman–Crippen MR) is 166 cm³/mol. The quantitative estimate of drug-likeness (QED) is 0.178. The zero-order valence-corrected chi connectivity index (χ0v) is 24.7. The Kier molecular flexibility index (Phi) is 7.82. The van der Waals surface area contributed by atoms with E-state index in [1.54, 1.807) is 0 Å². The number of aromatic carboxylic acids is 1. The molecule has 1 fully saturated rings. The Morgan fingerprint density at radius 3 is 2.72 bits per heavy atom. The van der Waals surface area contributed by atoms with Crippen LogP contribution in [0.2, 0.25) is 0 Å². The first-order chi connectivity index (χ1) is 21.1. The van der Waals surface area contributed by atoms with Crippen LogP contribution in [0.5, 0.6) is 5.75 Å². The number of hydrogen-bond acceptors (Lipinski definition) is 5. The molecule has 1 aliphatic heterocycles. The van der Waals surface area contributed by atoms with E-state index in [9.17, 15) is 9.90 Å². The van der Waals surface area contributed by atoms with E-state index in [0.717, 1.165) is 81.2 Å². The average Bonchev–Trinajstić information content (AvgIpc) is 3.72. The largest absolute Gasteiger partial charge is 0.493 e. The number of carboxylic acid groups (broad SMARTS) is 1. The molecule has 0 saturated heterocycles. The maximum Gasteiger partial charge on any atom is 0.352 e. The van der Waals surface area contributed by atoms with Gasteiger partial charge in [-0.05, 0) is 55.5 Å². The van der Waals surface area contributed by atoms with Crippen molar-refractivity contribution in [2.45, 2.75) is 64.4 Å². The summed E-state index contributed by atoms with van der Waals surface area (Å²) in [6, 6.07) is 20.3. The summed E-state index contributed by atoms with van der Waals surface area (Å²) in [6.07, 6.45) is 5.22. The van der Waals surface area contributed by atoms with Gasteiger partial charge in [-0.1, -0.05) is 54.6 Å². The topological polar surface area (TPSA) is 87.7 Å². The molecule has 0 unspecified atom stereocenters. The fraction of sp³-hybridized carbons (Fsp3) is 0.353. The lowest BCUT2D eigenvalue weighted by Crippen LogP contribution is -2.12. The number of ether oxygens (including phenoxy) is 3. The fourth-order valence-corrected chi connectivity index (χ4v) is 6.47. The van der Waals surface area contributed by atoms with Gasteiger partial charge < -0.3 is 23.9 Å². The molecule has 222 valence electrons. The molecule has 0 bridgehead atoms. The third kappa shape index (κ3) is 5.51. The van der Waals surface area contributed by atoms with E-state index in [0.29, 0.717) is 51.5 Å². The number of benzene rings is 3. The van der Waals surface area contributed by atoms with Crippen LogP contribution in [-0.4, -0.2) is 44.3 Å². The number of nitrogens with zero attached hydrogens (tertiary/aromatic N) is 3. The van der Waals surface area contributed by atoms with Crippen molar-refractivity contribution in [1.29, 1.82) is 0 Å². The van der Waals surface area contributed by atoms with Gasteiger partial charge in [0, 0.05) is 46.8 Å². The van der Waals surface area contributed by atoms with E-state index in [2.05, 4.69) is 23.3 Å². The van der Waals surface area contributed by atoms with Crippen LogP contribution in [0.4, 0.5) is 0 Å². The van der Waals surface area contributed by atoms with Crippen LogP contribution in [0, 0.1) is 0 Å². The van der Waals surface area contributed by atoms with Crippen molar-refractivity contribution in [3.05, 3.63) is 83.3 Å². The number of fused-ring (bicyclic) bond motifs is 3. The molecule has 43 heavy (non-hydrogen) atoms. The first-order valence-corrected chi connectivity index (χ1v) is 15.4. The normalized spacial score (nSPS) is 15.4. The molecule has 1 aliphatic carbocycles. The first kappa shape index (κ1) is 28.0. The smallest absolute Gasteiger partial charge is 0.352 e. The zero-order chi connectivity index (χ0) is 29.3. The first-order valence-electron chi connectivity index (χ1n) is 15.0. The number of halogens is 1. The second-order valence-corrected chi connectivity index (χ2v) is 11.6. The standard InChI is InChI=1S/C34H34ClN3O5/c35-38-29-21-41-18-4-3-17-37-32-25(11-6-12-27(32)31(29)28(36-38)20-43-23-15-16-23)26(33(37)34(39)40)13-7-19-42-30-14-5-9-22-8-1-2-10-24(22)30/h1-2,5-6,8-12,14,23H,3-4,7,13,15-21H2,(H,39,40). The van der Waals surface area contributed by atoms with E-state index in [4.69, 9.17) is 26.0 Å². The van der Waals surface area contributed by atoms with Crippen LogP contribution in [0.15, 0.2) is 60.7 Å². The molecular weight excluding hydrogens is 566 g/mol.